The number of morpholine rings is 1. The van der Waals surface area contributed by atoms with Gasteiger partial charge in [0.2, 0.25) is 0 Å². The van der Waals surface area contributed by atoms with Gasteiger partial charge in [0.1, 0.15) is 11.4 Å². The summed E-state index contributed by atoms with van der Waals surface area (Å²) in [5, 5.41) is 18.8. The van der Waals surface area contributed by atoms with Crippen LogP contribution in [0.25, 0.3) is 32.8 Å². The van der Waals surface area contributed by atoms with Gasteiger partial charge >= 0.3 is 5.97 Å². The molecule has 5 aromatic rings. The van der Waals surface area contributed by atoms with Crippen LogP contribution in [0.3, 0.4) is 0 Å². The fourth-order valence-corrected chi connectivity index (χ4v) is 6.98. The predicted octanol–water partition coefficient (Wildman–Crippen LogP) is 6.05. The minimum Gasteiger partial charge on any atom is -0.493 e. The lowest BCUT2D eigenvalue weighted by Crippen LogP contribution is -2.36. The first kappa shape index (κ1) is 29.5. The molecular weight excluding hydrogens is 568 g/mol. The van der Waals surface area contributed by atoms with E-state index in [1.54, 1.807) is 0 Å². The van der Waals surface area contributed by atoms with Crippen molar-refractivity contribution in [2.45, 2.75) is 45.4 Å². The summed E-state index contributed by atoms with van der Waals surface area (Å²) in [4.78, 5) is 15.4. The molecule has 0 spiro atoms. The summed E-state index contributed by atoms with van der Waals surface area (Å²) in [6, 6.07) is 20.5. The van der Waals surface area contributed by atoms with Crippen molar-refractivity contribution in [3.05, 3.63) is 83.3 Å². The van der Waals surface area contributed by atoms with E-state index in [0.717, 1.165) is 101 Å². The molecule has 2 aromatic heterocycles. The molecule has 9 heteroatoms. The normalized spacial score (nSPS) is 16.0. The van der Waals surface area contributed by atoms with Gasteiger partial charge in [0, 0.05) is 61.7 Å². The third-order valence-electron chi connectivity index (χ3n) is 9.11. The van der Waals surface area contributed by atoms with Crippen LogP contribution in [0.2, 0.25) is 0 Å². The molecule has 7 rings (SSSR count). The van der Waals surface area contributed by atoms with Crippen molar-refractivity contribution in [2.24, 2.45) is 7.05 Å². The molecule has 0 amide bonds. The Morgan fingerprint density at radius 1 is 0.933 bits per heavy atom. The lowest BCUT2D eigenvalue weighted by molar-refractivity contribution is 0.0332. The molecule has 1 N–H and O–H groups in total. The molecule has 234 valence electrons. The number of rotatable bonds is 8. The van der Waals surface area contributed by atoms with Gasteiger partial charge in [-0.15, -0.1) is 0 Å². The number of ether oxygens (including phenoxy) is 3. The number of hydrogen-bond acceptors (Lipinski definition) is 6. The maximum atomic E-state index is 13.0. The summed E-state index contributed by atoms with van der Waals surface area (Å²) in [5.41, 5.74) is 6.29. The van der Waals surface area contributed by atoms with Crippen molar-refractivity contribution in [3.63, 3.8) is 0 Å². The van der Waals surface area contributed by atoms with Crippen LogP contribution in [0, 0.1) is 0 Å². The Hall–Kier alpha value is -4.18. The zero-order chi connectivity index (χ0) is 30.8. The first-order valence-corrected chi connectivity index (χ1v) is 16.0. The van der Waals surface area contributed by atoms with Crippen LogP contribution in [0.4, 0.5) is 0 Å². The van der Waals surface area contributed by atoms with Gasteiger partial charge in [0.05, 0.1) is 43.3 Å². The fourth-order valence-electron chi connectivity index (χ4n) is 6.98. The second-order valence-electron chi connectivity index (χ2n) is 12.0. The molecule has 0 unspecified atom stereocenters. The van der Waals surface area contributed by atoms with E-state index in [1.807, 2.05) is 36.0 Å². The van der Waals surface area contributed by atoms with Crippen molar-refractivity contribution < 1.29 is 24.1 Å². The number of hydrogen-bond donors (Lipinski definition) is 1. The zero-order valence-corrected chi connectivity index (χ0v) is 25.8. The summed E-state index contributed by atoms with van der Waals surface area (Å²) < 4.78 is 22.0. The highest BCUT2D eigenvalue weighted by Crippen LogP contribution is 2.39. The van der Waals surface area contributed by atoms with Crippen LogP contribution in [-0.4, -0.2) is 69.8 Å². The Morgan fingerprint density at radius 3 is 2.60 bits per heavy atom. The predicted molar refractivity (Wildman–Crippen MR) is 174 cm³/mol. The lowest BCUT2D eigenvalue weighted by atomic mass is 9.97. The molecule has 1 fully saturated rings. The highest BCUT2D eigenvalue weighted by atomic mass is 16.5. The lowest BCUT2D eigenvalue weighted by Gasteiger charge is -2.27. The van der Waals surface area contributed by atoms with Crippen molar-refractivity contribution in [3.8, 4) is 16.9 Å². The molecule has 3 aromatic carbocycles. The number of carbonyl (C=O) groups is 1. The number of aryl methyl sites for hydroxylation is 3. The maximum absolute atomic E-state index is 13.0. The summed E-state index contributed by atoms with van der Waals surface area (Å²) in [5.74, 6) is -0.0435. The van der Waals surface area contributed by atoms with Crippen molar-refractivity contribution >= 4 is 27.6 Å². The first-order chi connectivity index (χ1) is 22.1. The first-order valence-electron chi connectivity index (χ1n) is 16.0. The van der Waals surface area contributed by atoms with Gasteiger partial charge in [-0.2, -0.15) is 5.10 Å². The molecule has 0 aliphatic carbocycles. The molecule has 9 nitrogen and oxygen atoms in total. The Balaban J connectivity index is 1.28. The number of carboxylic acid groups (broad SMARTS) is 1. The van der Waals surface area contributed by atoms with Crippen LogP contribution in [0.15, 0.2) is 60.7 Å². The molecule has 0 atom stereocenters. The highest BCUT2D eigenvalue weighted by molar-refractivity contribution is 6.04. The molecule has 4 heterocycles. The summed E-state index contributed by atoms with van der Waals surface area (Å²) in [6.07, 6.45) is 2.97. The largest absolute Gasteiger partial charge is 0.493 e. The minimum atomic E-state index is -0.895. The second-order valence-corrected chi connectivity index (χ2v) is 12.0. The van der Waals surface area contributed by atoms with Crippen molar-refractivity contribution in [1.82, 2.24) is 19.2 Å². The van der Waals surface area contributed by atoms with Crippen LogP contribution >= 0.6 is 0 Å². The molecule has 45 heavy (non-hydrogen) atoms. The minimum absolute atomic E-state index is 0.378. The van der Waals surface area contributed by atoms with E-state index in [9.17, 15) is 9.90 Å². The number of aromatic carboxylic acids is 1. The van der Waals surface area contributed by atoms with E-state index in [4.69, 9.17) is 19.3 Å². The van der Waals surface area contributed by atoms with E-state index in [0.29, 0.717) is 44.9 Å². The zero-order valence-electron chi connectivity index (χ0n) is 25.8. The van der Waals surface area contributed by atoms with Crippen LogP contribution < -0.4 is 4.74 Å². The highest BCUT2D eigenvalue weighted by Gasteiger charge is 2.28. The Morgan fingerprint density at radius 2 is 1.73 bits per heavy atom. The summed E-state index contributed by atoms with van der Waals surface area (Å²) in [7, 11) is 2.00. The Labute approximate surface area is 262 Å². The van der Waals surface area contributed by atoms with Gasteiger partial charge in [-0.3, -0.25) is 9.58 Å². The average molecular weight is 609 g/mol. The molecule has 0 radical (unpaired) electrons. The third-order valence-corrected chi connectivity index (χ3v) is 9.11. The fraction of sp³-hybridized carbons (Fsp3) is 0.389. The molecule has 1 saturated heterocycles. The molecule has 0 saturated carbocycles. The number of nitrogens with zero attached hydrogens (tertiary/aromatic N) is 4. The summed E-state index contributed by atoms with van der Waals surface area (Å²) in [6.45, 7) is 6.05. The number of fused-ring (bicyclic) bond motifs is 3. The summed E-state index contributed by atoms with van der Waals surface area (Å²) >= 11 is 0. The molecule has 2 aliphatic rings. The van der Waals surface area contributed by atoms with Gasteiger partial charge in [-0.05, 0) is 42.7 Å². The molecule has 0 bridgehead atoms. The van der Waals surface area contributed by atoms with E-state index in [-0.39, 0.29) is 0 Å². The number of aromatic nitrogens is 3. The Bertz CT molecular complexity index is 1830. The van der Waals surface area contributed by atoms with E-state index < -0.39 is 5.97 Å². The topological polar surface area (TPSA) is 91.0 Å². The Kier molecular flexibility index (Phi) is 8.56. The monoisotopic (exact) mass is 608 g/mol. The van der Waals surface area contributed by atoms with Gasteiger partial charge < -0.3 is 23.9 Å². The maximum Gasteiger partial charge on any atom is 0.352 e. The van der Waals surface area contributed by atoms with Crippen LogP contribution in [0.1, 0.15) is 46.7 Å². The molecule has 2 aliphatic heterocycles. The smallest absolute Gasteiger partial charge is 0.352 e. The van der Waals surface area contributed by atoms with Crippen molar-refractivity contribution in [1.29, 1.82) is 0 Å². The van der Waals surface area contributed by atoms with Gasteiger partial charge in [-0.25, -0.2) is 4.79 Å². The standard InChI is InChI=1S/C36H40N4O5/c1-38-31(23-39-17-21-43-22-18-39)33-29-13-7-12-27-28(14-8-20-45-32-15-6-10-25-9-2-3-11-26(25)32)35(36(41)42)40(34(27)29)16-4-5-19-44-24-30(33)37-38/h2-3,6-7,9-13,15H,4-5,8,14,16-24H2,1H3,(H,41,42). The van der Waals surface area contributed by atoms with Gasteiger partial charge in [0.25, 0.3) is 0 Å². The number of carboxylic acids is 1. The van der Waals surface area contributed by atoms with Crippen LogP contribution in [0.5, 0.6) is 5.75 Å². The number of para-hydroxylation sites is 1. The van der Waals surface area contributed by atoms with E-state index >= 15 is 0 Å². The van der Waals surface area contributed by atoms with Gasteiger partial charge in [0.15, 0.2) is 0 Å². The van der Waals surface area contributed by atoms with Crippen molar-refractivity contribution in [2.75, 3.05) is 39.5 Å². The van der Waals surface area contributed by atoms with E-state index in [2.05, 4.69) is 45.9 Å². The van der Waals surface area contributed by atoms with Gasteiger partial charge in [-0.1, -0.05) is 54.6 Å². The second kappa shape index (κ2) is 13.0. The average Bonchev–Trinajstić information content (AvgIpc) is 3.53. The third kappa shape index (κ3) is 5.83. The van der Waals surface area contributed by atoms with E-state index in [1.165, 1.54) is 0 Å². The molecular formula is C36H40N4O5. The quantitative estimate of drug-likeness (QED) is 0.215. The van der Waals surface area contributed by atoms with Crippen LogP contribution in [-0.2, 0) is 42.6 Å². The number of benzene rings is 3. The SMILES string of the molecule is Cn1nc2c(c1CN1CCOCC1)-c1cccc3c(CCCOc4cccc5ccccc45)c(C(=O)O)n(c13)CCCCOC2.